The van der Waals surface area contributed by atoms with Crippen LogP contribution in [0, 0.1) is 17.6 Å². The molecule has 13 heteroatoms. The first-order valence-corrected chi connectivity index (χ1v) is 13.0. The van der Waals surface area contributed by atoms with Crippen molar-refractivity contribution in [1.82, 2.24) is 5.32 Å². The van der Waals surface area contributed by atoms with E-state index in [-0.39, 0.29) is 48.6 Å². The van der Waals surface area contributed by atoms with Crippen LogP contribution in [0.3, 0.4) is 0 Å². The van der Waals surface area contributed by atoms with Crippen molar-refractivity contribution in [3.63, 3.8) is 0 Å². The summed E-state index contributed by atoms with van der Waals surface area (Å²) >= 11 is 2.27. The Morgan fingerprint density at radius 3 is 2.46 bits per heavy atom. The Labute approximate surface area is 217 Å². The van der Waals surface area contributed by atoms with Gasteiger partial charge in [0.05, 0.1) is 29.3 Å². The van der Waals surface area contributed by atoms with Gasteiger partial charge < -0.3 is 25.0 Å². The van der Waals surface area contributed by atoms with Crippen LogP contribution in [0.4, 0.5) is 27.6 Å². The van der Waals surface area contributed by atoms with Gasteiger partial charge in [-0.1, -0.05) is 12.1 Å². The van der Waals surface area contributed by atoms with Crippen molar-refractivity contribution in [3.8, 4) is 11.5 Å². The third-order valence-corrected chi connectivity index (χ3v) is 8.41. The van der Waals surface area contributed by atoms with Gasteiger partial charge in [0.15, 0.2) is 11.6 Å². The van der Waals surface area contributed by atoms with Crippen molar-refractivity contribution in [2.45, 2.75) is 43.2 Å². The molecular formula is C24H23F5N2O4S2. The molecule has 1 aliphatic carbocycles. The SMILES string of the molecule is COc1cc(C(=O)O)c(F)cc1NSC1=CSC(c2ccc(C3CCC(C(F)(F)F)CC3)c(O)c2F)N1. The standard InChI is InChI=1S/C24H23F5N2O4S2/c1-35-18-8-15(23(33)34)16(25)9-17(18)31-37-19-10-36-22(30-19)14-7-6-13(21(32)20(14)26)11-2-4-12(5-3-11)24(27,28)29/h6-12,22,30-32H,2-5H2,1H3,(H,33,34). The first-order chi connectivity index (χ1) is 17.5. The summed E-state index contributed by atoms with van der Waals surface area (Å²) in [7, 11) is 1.31. The lowest BCUT2D eigenvalue weighted by atomic mass is 9.78. The number of carboxylic acid groups (broad SMARTS) is 1. The molecule has 0 aromatic heterocycles. The molecule has 6 nitrogen and oxygen atoms in total. The number of ether oxygens (including phenoxy) is 1. The number of hydrogen-bond donors (Lipinski definition) is 4. The van der Waals surface area contributed by atoms with E-state index in [2.05, 4.69) is 10.0 Å². The summed E-state index contributed by atoms with van der Waals surface area (Å²) in [4.78, 5) is 11.1. The van der Waals surface area contributed by atoms with Gasteiger partial charge in [0.2, 0.25) is 0 Å². The maximum absolute atomic E-state index is 15.1. The number of aromatic hydroxyl groups is 1. The van der Waals surface area contributed by atoms with Crippen molar-refractivity contribution in [2.75, 3.05) is 11.8 Å². The molecule has 0 bridgehead atoms. The number of methoxy groups -OCH3 is 1. The molecule has 37 heavy (non-hydrogen) atoms. The Bertz CT molecular complexity index is 1220. The number of phenolic OH excluding ortho intramolecular Hbond substituents is 1. The van der Waals surface area contributed by atoms with Crippen molar-refractivity contribution < 1.29 is 41.7 Å². The lowest BCUT2D eigenvalue weighted by Gasteiger charge is -2.30. The van der Waals surface area contributed by atoms with Gasteiger partial charge in [0, 0.05) is 34.5 Å². The smallest absolute Gasteiger partial charge is 0.391 e. The summed E-state index contributed by atoms with van der Waals surface area (Å²) in [6, 6.07) is 5.14. The molecule has 4 rings (SSSR count). The predicted molar refractivity (Wildman–Crippen MR) is 131 cm³/mol. The van der Waals surface area contributed by atoms with Gasteiger partial charge >= 0.3 is 12.1 Å². The van der Waals surface area contributed by atoms with Crippen LogP contribution in [0.2, 0.25) is 0 Å². The summed E-state index contributed by atoms with van der Waals surface area (Å²) in [6.07, 6.45) is -3.91. The molecule has 1 saturated carbocycles. The quantitative estimate of drug-likeness (QED) is 0.210. The molecule has 2 aliphatic rings. The number of rotatable bonds is 7. The molecule has 1 fully saturated rings. The number of nitrogens with one attached hydrogen (secondary N) is 2. The van der Waals surface area contributed by atoms with Gasteiger partial charge in [-0.3, -0.25) is 0 Å². The number of hydrogen-bond acceptors (Lipinski definition) is 7. The van der Waals surface area contributed by atoms with Crippen LogP contribution in [0.1, 0.15) is 58.5 Å². The Hall–Kier alpha value is -2.80. The van der Waals surface area contributed by atoms with E-state index in [1.807, 2.05) is 0 Å². The van der Waals surface area contributed by atoms with Gasteiger partial charge in [-0.15, -0.1) is 11.8 Å². The molecule has 1 heterocycles. The molecule has 0 amide bonds. The minimum Gasteiger partial charge on any atom is -0.505 e. The number of phenols is 1. The fourth-order valence-corrected chi connectivity index (χ4v) is 6.31. The molecule has 1 atom stereocenters. The Kier molecular flexibility index (Phi) is 8.02. The number of halogens is 5. The highest BCUT2D eigenvalue weighted by atomic mass is 32.2. The minimum atomic E-state index is -4.24. The molecule has 2 aromatic rings. The molecule has 0 spiro atoms. The molecule has 2 aromatic carbocycles. The van der Waals surface area contributed by atoms with Gasteiger partial charge in [0.25, 0.3) is 0 Å². The maximum atomic E-state index is 15.1. The number of thioether (sulfide) groups is 1. The molecule has 1 unspecified atom stereocenters. The lowest BCUT2D eigenvalue weighted by molar-refractivity contribution is -0.182. The maximum Gasteiger partial charge on any atom is 0.391 e. The Balaban J connectivity index is 1.39. The number of carboxylic acids is 1. The van der Waals surface area contributed by atoms with Crippen LogP contribution < -0.4 is 14.8 Å². The lowest BCUT2D eigenvalue weighted by Crippen LogP contribution is -2.27. The number of aromatic carboxylic acids is 1. The van der Waals surface area contributed by atoms with E-state index in [1.54, 1.807) is 11.5 Å². The van der Waals surface area contributed by atoms with Crippen molar-refractivity contribution >= 4 is 35.4 Å². The predicted octanol–water partition coefficient (Wildman–Crippen LogP) is 7.11. The van der Waals surface area contributed by atoms with Crippen LogP contribution in [-0.2, 0) is 0 Å². The molecule has 1 aliphatic heterocycles. The third-order valence-electron chi connectivity index (χ3n) is 6.46. The second-order valence-corrected chi connectivity index (χ2v) is 10.5. The number of benzene rings is 2. The normalized spacial score (nSPS) is 21.8. The highest BCUT2D eigenvalue weighted by Crippen LogP contribution is 2.47. The van der Waals surface area contributed by atoms with Crippen molar-refractivity contribution in [3.05, 3.63) is 63.0 Å². The van der Waals surface area contributed by atoms with E-state index in [4.69, 9.17) is 9.84 Å². The number of carbonyl (C=O) groups is 1. The zero-order valence-corrected chi connectivity index (χ0v) is 21.0. The van der Waals surface area contributed by atoms with Crippen LogP contribution in [0.15, 0.2) is 34.7 Å². The van der Waals surface area contributed by atoms with Crippen LogP contribution >= 0.6 is 23.7 Å². The number of anilines is 1. The van der Waals surface area contributed by atoms with E-state index in [1.165, 1.54) is 24.9 Å². The summed E-state index contributed by atoms with van der Waals surface area (Å²) in [5, 5.41) is 24.3. The molecule has 0 saturated heterocycles. The molecule has 200 valence electrons. The van der Waals surface area contributed by atoms with Gasteiger partial charge in [0.1, 0.15) is 16.9 Å². The Morgan fingerprint density at radius 2 is 1.84 bits per heavy atom. The van der Waals surface area contributed by atoms with Gasteiger partial charge in [-0.2, -0.15) is 13.2 Å². The van der Waals surface area contributed by atoms with Gasteiger partial charge in [-0.25, -0.2) is 13.6 Å². The average molecular weight is 563 g/mol. The van der Waals surface area contributed by atoms with E-state index >= 15 is 4.39 Å². The van der Waals surface area contributed by atoms with Crippen LogP contribution in [-0.4, -0.2) is 29.5 Å². The average Bonchev–Trinajstić information content (AvgIpc) is 3.32. The highest BCUT2D eigenvalue weighted by Gasteiger charge is 2.42. The first-order valence-electron chi connectivity index (χ1n) is 11.2. The second kappa shape index (κ2) is 10.9. The summed E-state index contributed by atoms with van der Waals surface area (Å²) in [5.41, 5.74) is 0.150. The van der Waals surface area contributed by atoms with E-state index in [0.29, 0.717) is 10.6 Å². The van der Waals surface area contributed by atoms with Crippen molar-refractivity contribution in [1.29, 1.82) is 0 Å². The fraction of sp³-hybridized carbons (Fsp3) is 0.375. The summed E-state index contributed by atoms with van der Waals surface area (Å²) < 4.78 is 76.1. The third kappa shape index (κ3) is 5.87. The summed E-state index contributed by atoms with van der Waals surface area (Å²) in [6.45, 7) is 0. The molecule has 0 radical (unpaired) electrons. The van der Waals surface area contributed by atoms with Crippen molar-refractivity contribution in [2.24, 2.45) is 5.92 Å². The second-order valence-electron chi connectivity index (χ2n) is 8.68. The zero-order chi connectivity index (χ0) is 26.9. The molecule has 4 N–H and O–H groups in total. The van der Waals surface area contributed by atoms with Crippen LogP contribution in [0.25, 0.3) is 0 Å². The summed E-state index contributed by atoms with van der Waals surface area (Å²) in [5.74, 6) is -5.35. The fourth-order valence-electron chi connectivity index (χ4n) is 4.47. The highest BCUT2D eigenvalue weighted by molar-refractivity contribution is 8.07. The topological polar surface area (TPSA) is 90.8 Å². The largest absolute Gasteiger partial charge is 0.505 e. The van der Waals surface area contributed by atoms with E-state index < -0.39 is 46.4 Å². The first kappa shape index (κ1) is 27.2. The van der Waals surface area contributed by atoms with Crippen LogP contribution in [0.5, 0.6) is 11.5 Å². The van der Waals surface area contributed by atoms with E-state index in [9.17, 15) is 27.5 Å². The minimum absolute atomic E-state index is 0.0533. The number of alkyl halides is 3. The zero-order valence-electron chi connectivity index (χ0n) is 19.4. The van der Waals surface area contributed by atoms with Gasteiger partial charge in [-0.05, 0) is 37.7 Å². The monoisotopic (exact) mass is 562 g/mol. The Morgan fingerprint density at radius 1 is 1.16 bits per heavy atom. The van der Waals surface area contributed by atoms with E-state index in [0.717, 1.165) is 24.1 Å². The molecular weight excluding hydrogens is 539 g/mol.